The Labute approximate surface area is 122 Å². The molecular weight excluding hydrogens is 282 g/mol. The lowest BCUT2D eigenvalue weighted by Crippen LogP contribution is -2.28. The van der Waals surface area contributed by atoms with Crippen molar-refractivity contribution in [3.63, 3.8) is 0 Å². The average molecular weight is 303 g/mol. The number of nitrogens with two attached hydrogens (primary N) is 1. The fourth-order valence-electron chi connectivity index (χ4n) is 3.28. The Balaban J connectivity index is 2.23. The number of alkyl halides is 3. The van der Waals surface area contributed by atoms with Gasteiger partial charge in [-0.25, -0.2) is 4.39 Å². The normalized spacial score (nSPS) is 24.9. The Morgan fingerprint density at radius 3 is 2.33 bits per heavy atom. The molecule has 0 bridgehead atoms. The van der Waals surface area contributed by atoms with E-state index in [1.807, 2.05) is 0 Å². The highest BCUT2D eigenvalue weighted by Crippen LogP contribution is 2.41. The van der Waals surface area contributed by atoms with Crippen LogP contribution in [-0.2, 0) is 6.18 Å². The van der Waals surface area contributed by atoms with Gasteiger partial charge in [0.15, 0.2) is 0 Å². The van der Waals surface area contributed by atoms with Gasteiger partial charge in [-0.15, -0.1) is 0 Å². The van der Waals surface area contributed by atoms with Gasteiger partial charge in [0.2, 0.25) is 0 Å². The molecule has 1 nitrogen and oxygen atoms in total. The molecule has 1 aliphatic rings. The number of rotatable bonds is 3. The van der Waals surface area contributed by atoms with Crippen LogP contribution in [-0.4, -0.2) is 0 Å². The summed E-state index contributed by atoms with van der Waals surface area (Å²) in [5.41, 5.74) is 5.14. The summed E-state index contributed by atoms with van der Waals surface area (Å²) in [7, 11) is 0. The summed E-state index contributed by atoms with van der Waals surface area (Å²) < 4.78 is 52.5. The van der Waals surface area contributed by atoms with E-state index in [9.17, 15) is 17.6 Å². The number of benzene rings is 1. The molecule has 2 N–H and O–H groups in total. The van der Waals surface area contributed by atoms with Gasteiger partial charge in [0.05, 0.1) is 5.56 Å². The highest BCUT2D eigenvalue weighted by molar-refractivity contribution is 5.33. The van der Waals surface area contributed by atoms with E-state index in [-0.39, 0.29) is 11.5 Å². The van der Waals surface area contributed by atoms with E-state index in [4.69, 9.17) is 5.73 Å². The molecule has 1 aromatic carbocycles. The van der Waals surface area contributed by atoms with Crippen molar-refractivity contribution in [1.29, 1.82) is 0 Å². The van der Waals surface area contributed by atoms with E-state index in [1.165, 1.54) is 0 Å². The molecule has 1 atom stereocenters. The molecule has 0 amide bonds. The molecule has 0 spiro atoms. The van der Waals surface area contributed by atoms with E-state index >= 15 is 0 Å². The number of hydrogen-bond acceptors (Lipinski definition) is 1. The quantitative estimate of drug-likeness (QED) is 0.776. The fourth-order valence-corrected chi connectivity index (χ4v) is 3.28. The standard InChI is InChI=1S/C16H21F4N/c1-2-10-3-5-11(6-4-10)15(21)13-9-12(17)7-8-14(13)16(18,19)20/h7-11,15H,2-6,21H2,1H3. The van der Waals surface area contributed by atoms with Crippen LogP contribution in [0.15, 0.2) is 18.2 Å². The van der Waals surface area contributed by atoms with Crippen molar-refractivity contribution in [2.75, 3.05) is 0 Å². The van der Waals surface area contributed by atoms with Crippen LogP contribution in [0.4, 0.5) is 17.6 Å². The van der Waals surface area contributed by atoms with Gasteiger partial charge in [-0.1, -0.05) is 26.2 Å². The molecule has 0 heterocycles. The minimum atomic E-state index is -4.50. The van der Waals surface area contributed by atoms with Crippen LogP contribution >= 0.6 is 0 Å². The van der Waals surface area contributed by atoms with Crippen LogP contribution in [0.25, 0.3) is 0 Å². The maximum atomic E-state index is 13.4. The zero-order valence-electron chi connectivity index (χ0n) is 12.1. The summed E-state index contributed by atoms with van der Waals surface area (Å²) in [5, 5.41) is 0. The third-order valence-electron chi connectivity index (χ3n) is 4.65. The molecule has 1 saturated carbocycles. The Morgan fingerprint density at radius 1 is 1.19 bits per heavy atom. The van der Waals surface area contributed by atoms with Crippen molar-refractivity contribution in [3.05, 3.63) is 35.1 Å². The summed E-state index contributed by atoms with van der Waals surface area (Å²) >= 11 is 0. The van der Waals surface area contributed by atoms with E-state index in [1.54, 1.807) is 0 Å². The molecular formula is C16H21F4N. The summed E-state index contributed by atoms with van der Waals surface area (Å²) in [6.45, 7) is 2.12. The first-order valence-corrected chi connectivity index (χ1v) is 7.45. The first-order chi connectivity index (χ1) is 9.82. The van der Waals surface area contributed by atoms with Crippen molar-refractivity contribution < 1.29 is 17.6 Å². The van der Waals surface area contributed by atoms with Crippen LogP contribution in [0.3, 0.4) is 0 Å². The molecule has 1 unspecified atom stereocenters. The van der Waals surface area contributed by atoms with Crippen LogP contribution in [0.2, 0.25) is 0 Å². The molecule has 118 valence electrons. The van der Waals surface area contributed by atoms with Crippen LogP contribution in [0, 0.1) is 17.7 Å². The summed E-state index contributed by atoms with van der Waals surface area (Å²) in [5.74, 6) is -0.0329. The smallest absolute Gasteiger partial charge is 0.324 e. The van der Waals surface area contributed by atoms with Crippen molar-refractivity contribution in [2.24, 2.45) is 17.6 Å². The SMILES string of the molecule is CCC1CCC(C(N)c2cc(F)ccc2C(F)(F)F)CC1. The van der Waals surface area contributed by atoms with Gasteiger partial charge in [0.25, 0.3) is 0 Å². The number of halogens is 4. The van der Waals surface area contributed by atoms with E-state index < -0.39 is 23.6 Å². The Bertz CT molecular complexity index is 476. The number of hydrogen-bond donors (Lipinski definition) is 1. The Morgan fingerprint density at radius 2 is 1.81 bits per heavy atom. The van der Waals surface area contributed by atoms with Crippen molar-refractivity contribution in [3.8, 4) is 0 Å². The van der Waals surface area contributed by atoms with Gasteiger partial charge in [-0.2, -0.15) is 13.2 Å². The highest BCUT2D eigenvalue weighted by Gasteiger charge is 2.37. The minimum absolute atomic E-state index is 0.00398. The van der Waals surface area contributed by atoms with Crippen LogP contribution in [0.5, 0.6) is 0 Å². The first kappa shape index (κ1) is 16.3. The molecule has 1 aromatic rings. The topological polar surface area (TPSA) is 26.0 Å². The summed E-state index contributed by atoms with van der Waals surface area (Å²) in [4.78, 5) is 0. The highest BCUT2D eigenvalue weighted by atomic mass is 19.4. The zero-order valence-corrected chi connectivity index (χ0v) is 12.1. The molecule has 1 fully saturated rings. The van der Waals surface area contributed by atoms with Crippen molar-refractivity contribution in [1.82, 2.24) is 0 Å². The Kier molecular flexibility index (Phi) is 4.91. The van der Waals surface area contributed by atoms with E-state index in [2.05, 4.69) is 6.92 Å². The second kappa shape index (κ2) is 6.34. The monoisotopic (exact) mass is 303 g/mol. The minimum Gasteiger partial charge on any atom is -0.324 e. The second-order valence-electron chi connectivity index (χ2n) is 5.94. The lowest BCUT2D eigenvalue weighted by Gasteiger charge is -2.33. The first-order valence-electron chi connectivity index (χ1n) is 7.45. The molecule has 0 aliphatic heterocycles. The van der Waals surface area contributed by atoms with Gasteiger partial charge >= 0.3 is 6.18 Å². The lowest BCUT2D eigenvalue weighted by atomic mass is 9.75. The third-order valence-corrected chi connectivity index (χ3v) is 4.65. The van der Waals surface area contributed by atoms with Crippen molar-refractivity contribution in [2.45, 2.75) is 51.2 Å². The molecule has 21 heavy (non-hydrogen) atoms. The maximum Gasteiger partial charge on any atom is 0.416 e. The predicted octanol–water partition coefficient (Wildman–Crippen LogP) is 5.06. The van der Waals surface area contributed by atoms with Crippen LogP contribution < -0.4 is 5.73 Å². The van der Waals surface area contributed by atoms with Gasteiger partial charge in [0.1, 0.15) is 5.82 Å². The van der Waals surface area contributed by atoms with E-state index in [0.29, 0.717) is 5.92 Å². The molecule has 0 radical (unpaired) electrons. The Hall–Kier alpha value is -1.10. The second-order valence-corrected chi connectivity index (χ2v) is 5.94. The fraction of sp³-hybridized carbons (Fsp3) is 0.625. The van der Waals surface area contributed by atoms with E-state index in [0.717, 1.165) is 50.3 Å². The van der Waals surface area contributed by atoms with Gasteiger partial charge in [-0.05, 0) is 48.4 Å². The predicted molar refractivity (Wildman–Crippen MR) is 74.1 cm³/mol. The molecule has 0 saturated heterocycles. The zero-order chi connectivity index (χ0) is 15.6. The van der Waals surface area contributed by atoms with Gasteiger partial charge in [-0.3, -0.25) is 0 Å². The summed E-state index contributed by atoms with van der Waals surface area (Å²) in [6.07, 6.45) is 0.203. The van der Waals surface area contributed by atoms with Gasteiger partial charge in [0, 0.05) is 6.04 Å². The average Bonchev–Trinajstić information content (AvgIpc) is 2.45. The third kappa shape index (κ3) is 3.76. The lowest BCUT2D eigenvalue weighted by molar-refractivity contribution is -0.138. The molecule has 0 aromatic heterocycles. The van der Waals surface area contributed by atoms with Crippen molar-refractivity contribution >= 4 is 0 Å². The maximum absolute atomic E-state index is 13.4. The molecule has 1 aliphatic carbocycles. The van der Waals surface area contributed by atoms with Gasteiger partial charge < -0.3 is 5.73 Å². The van der Waals surface area contributed by atoms with Crippen LogP contribution in [0.1, 0.15) is 56.2 Å². The summed E-state index contributed by atoms with van der Waals surface area (Å²) in [6, 6.07) is 1.82. The molecule has 5 heteroatoms. The largest absolute Gasteiger partial charge is 0.416 e. The molecule has 2 rings (SSSR count).